The van der Waals surface area contributed by atoms with Crippen molar-refractivity contribution in [2.45, 2.75) is 6.04 Å². The van der Waals surface area contributed by atoms with Crippen molar-refractivity contribution in [2.75, 3.05) is 26.2 Å². The maximum atomic E-state index is 14.3. The van der Waals surface area contributed by atoms with Crippen LogP contribution >= 0.6 is 11.3 Å². The fourth-order valence-corrected chi connectivity index (χ4v) is 3.58. The van der Waals surface area contributed by atoms with Crippen molar-refractivity contribution in [1.29, 1.82) is 0 Å². The van der Waals surface area contributed by atoms with Crippen LogP contribution in [0.5, 0.6) is 5.75 Å². The summed E-state index contributed by atoms with van der Waals surface area (Å²) >= 11 is 1.48. The van der Waals surface area contributed by atoms with Crippen LogP contribution in [0.2, 0.25) is 0 Å². The summed E-state index contributed by atoms with van der Waals surface area (Å²) in [6.45, 7) is 3.02. The van der Waals surface area contributed by atoms with Crippen LogP contribution in [-0.4, -0.2) is 36.2 Å². The SMILES string of the molecule is Oc1c(F)ccc(F)c1[C@H](c1cccs1)N1CCNCC1. The van der Waals surface area contributed by atoms with Gasteiger partial charge < -0.3 is 10.4 Å². The van der Waals surface area contributed by atoms with Crippen LogP contribution in [0, 0.1) is 11.6 Å². The molecule has 1 aromatic heterocycles. The number of benzene rings is 1. The standard InChI is InChI=1S/C15H16F2N2OS/c16-10-3-4-11(17)15(20)13(10)14(12-2-1-9-21-12)19-7-5-18-6-8-19/h1-4,9,14,18,20H,5-8H2/t14-/m0/s1. The molecule has 1 aliphatic heterocycles. The molecule has 0 spiro atoms. The Labute approximate surface area is 125 Å². The molecule has 3 rings (SSSR count). The van der Waals surface area contributed by atoms with E-state index in [1.165, 1.54) is 11.3 Å². The van der Waals surface area contributed by atoms with Crippen LogP contribution in [0.1, 0.15) is 16.5 Å². The molecule has 3 nitrogen and oxygen atoms in total. The van der Waals surface area contributed by atoms with E-state index in [2.05, 4.69) is 10.2 Å². The first-order valence-electron chi connectivity index (χ1n) is 6.83. The minimum Gasteiger partial charge on any atom is -0.505 e. The van der Waals surface area contributed by atoms with Gasteiger partial charge in [-0.25, -0.2) is 8.78 Å². The Morgan fingerprint density at radius 3 is 2.52 bits per heavy atom. The zero-order chi connectivity index (χ0) is 14.8. The number of halogens is 2. The molecule has 1 aliphatic rings. The Balaban J connectivity index is 2.09. The molecule has 1 atom stereocenters. The number of piperazine rings is 1. The summed E-state index contributed by atoms with van der Waals surface area (Å²) in [5.41, 5.74) is 0.0272. The van der Waals surface area contributed by atoms with Gasteiger partial charge in [0.05, 0.1) is 11.6 Å². The summed E-state index contributed by atoms with van der Waals surface area (Å²) in [6, 6.07) is 5.35. The van der Waals surface area contributed by atoms with Gasteiger partial charge in [0, 0.05) is 31.1 Å². The van der Waals surface area contributed by atoms with Gasteiger partial charge in [0.2, 0.25) is 0 Å². The maximum absolute atomic E-state index is 14.3. The molecule has 0 unspecified atom stereocenters. The van der Waals surface area contributed by atoms with E-state index >= 15 is 0 Å². The highest BCUT2D eigenvalue weighted by Gasteiger charge is 2.30. The molecule has 6 heteroatoms. The molecule has 1 aromatic carbocycles. The average molecular weight is 310 g/mol. The minimum atomic E-state index is -0.789. The number of phenols is 1. The third-order valence-corrected chi connectivity index (χ3v) is 4.64. The Hall–Kier alpha value is -1.50. The lowest BCUT2D eigenvalue weighted by molar-refractivity contribution is 0.194. The van der Waals surface area contributed by atoms with Gasteiger partial charge in [0.1, 0.15) is 5.82 Å². The molecule has 0 aliphatic carbocycles. The number of nitrogens with zero attached hydrogens (tertiary/aromatic N) is 1. The fourth-order valence-electron chi connectivity index (χ4n) is 2.71. The normalized spacial score (nSPS) is 17.8. The molecule has 0 radical (unpaired) electrons. The summed E-state index contributed by atoms with van der Waals surface area (Å²) in [4.78, 5) is 2.97. The van der Waals surface area contributed by atoms with Gasteiger partial charge in [-0.15, -0.1) is 11.3 Å². The number of hydrogen-bond donors (Lipinski definition) is 2. The predicted molar refractivity (Wildman–Crippen MR) is 78.6 cm³/mol. The largest absolute Gasteiger partial charge is 0.505 e. The lowest BCUT2D eigenvalue weighted by Crippen LogP contribution is -2.45. The number of thiophene rings is 1. The van der Waals surface area contributed by atoms with Crippen molar-refractivity contribution < 1.29 is 13.9 Å². The van der Waals surface area contributed by atoms with Gasteiger partial charge in [0.15, 0.2) is 11.6 Å². The van der Waals surface area contributed by atoms with Crippen molar-refractivity contribution in [3.8, 4) is 5.75 Å². The van der Waals surface area contributed by atoms with Crippen LogP contribution < -0.4 is 5.32 Å². The summed E-state index contributed by atoms with van der Waals surface area (Å²) in [5, 5.41) is 15.2. The van der Waals surface area contributed by atoms with Gasteiger partial charge in [-0.1, -0.05) is 6.07 Å². The van der Waals surface area contributed by atoms with Crippen molar-refractivity contribution in [2.24, 2.45) is 0 Å². The van der Waals surface area contributed by atoms with E-state index in [0.29, 0.717) is 0 Å². The Morgan fingerprint density at radius 2 is 1.86 bits per heavy atom. The first kappa shape index (κ1) is 14.4. The highest BCUT2D eigenvalue weighted by Crippen LogP contribution is 2.39. The van der Waals surface area contributed by atoms with Gasteiger partial charge in [-0.05, 0) is 23.6 Å². The highest BCUT2D eigenvalue weighted by atomic mass is 32.1. The number of phenolic OH excluding ortho intramolecular Hbond substituents is 1. The van der Waals surface area contributed by atoms with Crippen LogP contribution in [0.4, 0.5) is 8.78 Å². The second kappa shape index (κ2) is 6.09. The smallest absolute Gasteiger partial charge is 0.165 e. The highest BCUT2D eigenvalue weighted by molar-refractivity contribution is 7.10. The van der Waals surface area contributed by atoms with Crippen LogP contribution in [0.15, 0.2) is 29.6 Å². The quantitative estimate of drug-likeness (QED) is 0.915. The molecule has 112 valence electrons. The molecule has 0 saturated carbocycles. The summed E-state index contributed by atoms with van der Waals surface area (Å²) < 4.78 is 27.9. The van der Waals surface area contributed by atoms with E-state index in [0.717, 1.165) is 43.2 Å². The molecule has 1 saturated heterocycles. The topological polar surface area (TPSA) is 35.5 Å². The number of hydrogen-bond acceptors (Lipinski definition) is 4. The summed E-state index contributed by atoms with van der Waals surface area (Å²) in [7, 11) is 0. The van der Waals surface area contributed by atoms with E-state index < -0.39 is 23.4 Å². The zero-order valence-electron chi connectivity index (χ0n) is 11.4. The second-order valence-corrected chi connectivity index (χ2v) is 5.97. The third kappa shape index (κ3) is 2.79. The van der Waals surface area contributed by atoms with Crippen LogP contribution in [-0.2, 0) is 0 Å². The zero-order valence-corrected chi connectivity index (χ0v) is 12.2. The number of nitrogens with one attached hydrogen (secondary N) is 1. The molecule has 2 N–H and O–H groups in total. The van der Waals surface area contributed by atoms with E-state index in [9.17, 15) is 13.9 Å². The van der Waals surface area contributed by atoms with Crippen molar-refractivity contribution in [1.82, 2.24) is 10.2 Å². The molecule has 0 bridgehead atoms. The Morgan fingerprint density at radius 1 is 1.14 bits per heavy atom. The first-order chi connectivity index (χ1) is 10.2. The van der Waals surface area contributed by atoms with E-state index in [1.807, 2.05) is 17.5 Å². The lowest BCUT2D eigenvalue weighted by Gasteiger charge is -2.35. The predicted octanol–water partition coefficient (Wildman–Crippen LogP) is 2.73. The molecule has 21 heavy (non-hydrogen) atoms. The van der Waals surface area contributed by atoms with Gasteiger partial charge in [-0.3, -0.25) is 4.90 Å². The van der Waals surface area contributed by atoms with Crippen molar-refractivity contribution in [3.63, 3.8) is 0 Å². The van der Waals surface area contributed by atoms with Gasteiger partial charge in [-0.2, -0.15) is 0 Å². The molecule has 2 heterocycles. The van der Waals surface area contributed by atoms with Crippen LogP contribution in [0.3, 0.4) is 0 Å². The molecular weight excluding hydrogens is 294 g/mol. The number of aromatic hydroxyl groups is 1. The fraction of sp³-hybridized carbons (Fsp3) is 0.333. The molecule has 0 amide bonds. The first-order valence-corrected chi connectivity index (χ1v) is 7.71. The Bertz CT molecular complexity index is 612. The van der Waals surface area contributed by atoms with Gasteiger partial charge in [0.25, 0.3) is 0 Å². The van der Waals surface area contributed by atoms with Crippen molar-refractivity contribution >= 4 is 11.3 Å². The van der Waals surface area contributed by atoms with Crippen molar-refractivity contribution in [3.05, 3.63) is 51.7 Å². The molecular formula is C15H16F2N2OS. The molecule has 2 aromatic rings. The average Bonchev–Trinajstić information content (AvgIpc) is 3.02. The monoisotopic (exact) mass is 310 g/mol. The summed E-state index contributed by atoms with van der Waals surface area (Å²) in [6.07, 6.45) is 0. The van der Waals surface area contributed by atoms with Crippen LogP contribution in [0.25, 0.3) is 0 Å². The minimum absolute atomic E-state index is 0.0272. The Kier molecular flexibility index (Phi) is 4.19. The van der Waals surface area contributed by atoms with E-state index in [-0.39, 0.29) is 5.56 Å². The third-order valence-electron chi connectivity index (χ3n) is 3.72. The van der Waals surface area contributed by atoms with E-state index in [1.54, 1.807) is 0 Å². The number of rotatable bonds is 3. The molecule has 1 fully saturated rings. The van der Waals surface area contributed by atoms with E-state index in [4.69, 9.17) is 0 Å². The lowest BCUT2D eigenvalue weighted by atomic mass is 10.0. The van der Waals surface area contributed by atoms with Gasteiger partial charge >= 0.3 is 0 Å². The maximum Gasteiger partial charge on any atom is 0.165 e. The second-order valence-electron chi connectivity index (χ2n) is 5.00. The summed E-state index contributed by atoms with van der Waals surface area (Å²) in [5.74, 6) is -1.96.